The fourth-order valence-electron chi connectivity index (χ4n) is 2.98. The highest BCUT2D eigenvalue weighted by molar-refractivity contribution is 5.86. The second-order valence-electron chi connectivity index (χ2n) is 7.15. The summed E-state index contributed by atoms with van der Waals surface area (Å²) in [6, 6.07) is 6.69. The Morgan fingerprint density at radius 3 is 2.57 bits per heavy atom. The number of hydrogen-bond acceptors (Lipinski definition) is 3. The van der Waals surface area contributed by atoms with Crippen LogP contribution in [0.15, 0.2) is 54.1 Å². The smallest absolute Gasteiger partial charge is 0.416 e. The number of nitrogens with zero attached hydrogens (tertiary/aromatic N) is 1. The molecule has 0 aliphatic heterocycles. The predicted octanol–water partition coefficient (Wildman–Crippen LogP) is 5.96. The Labute approximate surface area is 174 Å². The van der Waals surface area contributed by atoms with Gasteiger partial charge < -0.3 is 10.5 Å². The number of aromatic nitrogens is 1. The summed E-state index contributed by atoms with van der Waals surface area (Å²) in [6.07, 6.45) is 7.15. The number of hydrogen-bond donors (Lipinski definition) is 1. The van der Waals surface area contributed by atoms with Crippen LogP contribution in [-0.4, -0.2) is 17.5 Å². The lowest BCUT2D eigenvalue weighted by Gasteiger charge is -2.09. The minimum Gasteiger partial charge on any atom is -0.478 e. The zero-order chi connectivity index (χ0) is 22.0. The molecule has 0 radical (unpaired) electrons. The molecule has 0 spiro atoms. The fraction of sp³-hybridized carbons (Fsp3) is 0.391. The van der Waals surface area contributed by atoms with Crippen LogP contribution in [0.2, 0.25) is 0 Å². The van der Waals surface area contributed by atoms with Gasteiger partial charge >= 0.3 is 6.18 Å². The van der Waals surface area contributed by atoms with Crippen LogP contribution in [0.4, 0.5) is 13.2 Å². The topological polar surface area (TPSA) is 65.2 Å². The normalized spacial score (nSPS) is 12.6. The molecule has 2 N–H and O–H groups in total. The Morgan fingerprint density at radius 2 is 1.83 bits per heavy atom. The molecule has 1 heterocycles. The number of allylic oxidation sites excluding steroid dienone is 3. The molecule has 7 heteroatoms. The first kappa shape index (κ1) is 23.4. The Bertz CT molecular complexity index is 905. The highest BCUT2D eigenvalue weighted by Crippen LogP contribution is 2.31. The molecule has 0 fully saturated rings. The monoisotopic (exact) mass is 420 g/mol. The van der Waals surface area contributed by atoms with Crippen LogP contribution in [0.25, 0.3) is 10.9 Å². The zero-order valence-corrected chi connectivity index (χ0v) is 17.0. The Hall–Kier alpha value is -2.83. The highest BCUT2D eigenvalue weighted by Gasteiger charge is 2.30. The lowest BCUT2D eigenvalue weighted by molar-refractivity contribution is -0.137. The average Bonchev–Trinajstić information content (AvgIpc) is 2.67. The molecule has 0 saturated carbocycles. The number of halogens is 3. The molecular formula is C23H27F3N2O2. The van der Waals surface area contributed by atoms with Crippen molar-refractivity contribution in [2.75, 3.05) is 6.61 Å². The summed E-state index contributed by atoms with van der Waals surface area (Å²) in [4.78, 5) is 15.0. The van der Waals surface area contributed by atoms with Gasteiger partial charge in [-0.25, -0.2) is 4.98 Å². The average molecular weight is 420 g/mol. The minimum absolute atomic E-state index is 0.423. The molecule has 1 amide bonds. The van der Waals surface area contributed by atoms with E-state index in [-0.39, 0.29) is 0 Å². The number of rotatable bonds is 11. The summed E-state index contributed by atoms with van der Waals surface area (Å²) < 4.78 is 43.9. The van der Waals surface area contributed by atoms with E-state index < -0.39 is 17.6 Å². The van der Waals surface area contributed by atoms with Gasteiger partial charge in [0.25, 0.3) is 0 Å². The third-order valence-electron chi connectivity index (χ3n) is 4.51. The molecule has 4 nitrogen and oxygen atoms in total. The molecule has 0 aliphatic rings. The summed E-state index contributed by atoms with van der Waals surface area (Å²) in [7, 11) is 0. The number of benzene rings is 1. The fourth-order valence-corrected chi connectivity index (χ4v) is 2.98. The summed E-state index contributed by atoms with van der Waals surface area (Å²) in [5.41, 5.74) is 5.73. The van der Waals surface area contributed by atoms with Crippen molar-refractivity contribution in [2.45, 2.75) is 51.6 Å². The number of pyridine rings is 1. The van der Waals surface area contributed by atoms with E-state index in [1.165, 1.54) is 12.1 Å². The first-order valence-electron chi connectivity index (χ1n) is 10.0. The van der Waals surface area contributed by atoms with Crippen LogP contribution in [0, 0.1) is 0 Å². The number of primary amides is 1. The number of carbonyl (C=O) groups is 1. The highest BCUT2D eigenvalue weighted by atomic mass is 19.4. The standard InChI is InChI=1S/C23H27F3N2O2/c1-17(15-21(27)29)9-7-5-3-2-4-6-8-14-30-22-13-10-18-16-19(23(24,25)26)11-12-20(18)28-22/h7,9-13,15-16H,2-6,8,14H2,1H3,(H2,27,29). The van der Waals surface area contributed by atoms with Gasteiger partial charge in [0, 0.05) is 17.5 Å². The third kappa shape index (κ3) is 8.27. The van der Waals surface area contributed by atoms with Crippen molar-refractivity contribution in [1.82, 2.24) is 4.98 Å². The van der Waals surface area contributed by atoms with Crippen molar-refractivity contribution in [1.29, 1.82) is 0 Å². The maximum Gasteiger partial charge on any atom is 0.416 e. The van der Waals surface area contributed by atoms with Gasteiger partial charge in [-0.05, 0) is 56.0 Å². The molecule has 0 unspecified atom stereocenters. The van der Waals surface area contributed by atoms with E-state index in [2.05, 4.69) is 4.98 Å². The molecule has 2 aromatic rings. The molecular weight excluding hydrogens is 393 g/mol. The zero-order valence-electron chi connectivity index (χ0n) is 17.0. The van der Waals surface area contributed by atoms with Crippen molar-refractivity contribution in [3.8, 4) is 5.88 Å². The lowest BCUT2D eigenvalue weighted by Crippen LogP contribution is -2.06. The molecule has 1 aromatic carbocycles. The van der Waals surface area contributed by atoms with E-state index in [0.29, 0.717) is 23.4 Å². The van der Waals surface area contributed by atoms with E-state index in [4.69, 9.17) is 10.5 Å². The van der Waals surface area contributed by atoms with Crippen molar-refractivity contribution in [2.24, 2.45) is 5.73 Å². The van der Waals surface area contributed by atoms with Crippen molar-refractivity contribution in [3.05, 3.63) is 59.7 Å². The molecule has 1 aromatic heterocycles. The second-order valence-corrected chi connectivity index (χ2v) is 7.15. The molecule has 0 bridgehead atoms. The largest absolute Gasteiger partial charge is 0.478 e. The Morgan fingerprint density at radius 1 is 1.10 bits per heavy atom. The number of carbonyl (C=O) groups excluding carboxylic acids is 1. The molecule has 2 rings (SSSR count). The van der Waals surface area contributed by atoms with Crippen LogP contribution in [0.1, 0.15) is 51.0 Å². The van der Waals surface area contributed by atoms with Crippen molar-refractivity contribution < 1.29 is 22.7 Å². The minimum atomic E-state index is -4.36. The first-order valence-corrected chi connectivity index (χ1v) is 10.0. The SMILES string of the molecule is CC(C=CCCCCCCCOc1ccc2cc(C(F)(F)F)ccc2n1)=CC(N)=O. The number of alkyl halides is 3. The Kier molecular flexibility index (Phi) is 8.89. The summed E-state index contributed by atoms with van der Waals surface area (Å²) >= 11 is 0. The molecule has 0 atom stereocenters. The number of nitrogens with two attached hydrogens (primary N) is 1. The van der Waals surface area contributed by atoms with Gasteiger partial charge in [-0.1, -0.05) is 31.4 Å². The van der Waals surface area contributed by atoms with Crippen LogP contribution in [-0.2, 0) is 11.0 Å². The van der Waals surface area contributed by atoms with E-state index >= 15 is 0 Å². The van der Waals surface area contributed by atoms with E-state index in [0.717, 1.165) is 56.2 Å². The number of unbranched alkanes of at least 4 members (excludes halogenated alkanes) is 5. The number of amides is 1. The number of ether oxygens (including phenoxy) is 1. The first-order chi connectivity index (χ1) is 14.3. The van der Waals surface area contributed by atoms with Gasteiger partial charge in [-0.2, -0.15) is 13.2 Å². The van der Waals surface area contributed by atoms with Gasteiger partial charge in [0.1, 0.15) is 0 Å². The van der Waals surface area contributed by atoms with Gasteiger partial charge in [-0.3, -0.25) is 4.79 Å². The molecule has 0 aliphatic carbocycles. The lowest BCUT2D eigenvalue weighted by atomic mass is 10.1. The van der Waals surface area contributed by atoms with Gasteiger partial charge in [-0.15, -0.1) is 0 Å². The van der Waals surface area contributed by atoms with Crippen LogP contribution < -0.4 is 10.5 Å². The maximum absolute atomic E-state index is 12.8. The van der Waals surface area contributed by atoms with Crippen molar-refractivity contribution >= 4 is 16.8 Å². The second kappa shape index (κ2) is 11.4. The third-order valence-corrected chi connectivity index (χ3v) is 4.51. The van der Waals surface area contributed by atoms with Gasteiger partial charge in [0.05, 0.1) is 17.7 Å². The van der Waals surface area contributed by atoms with Crippen LogP contribution in [0.3, 0.4) is 0 Å². The van der Waals surface area contributed by atoms with Crippen LogP contribution >= 0.6 is 0 Å². The van der Waals surface area contributed by atoms with Crippen LogP contribution in [0.5, 0.6) is 5.88 Å². The maximum atomic E-state index is 12.8. The number of fused-ring (bicyclic) bond motifs is 1. The summed E-state index contributed by atoms with van der Waals surface area (Å²) in [5.74, 6) is -0.0133. The quantitative estimate of drug-likeness (QED) is 0.277. The summed E-state index contributed by atoms with van der Waals surface area (Å²) in [6.45, 7) is 2.36. The van der Waals surface area contributed by atoms with E-state index in [9.17, 15) is 18.0 Å². The van der Waals surface area contributed by atoms with E-state index in [1.54, 1.807) is 12.1 Å². The van der Waals surface area contributed by atoms with E-state index in [1.807, 2.05) is 19.1 Å². The molecule has 30 heavy (non-hydrogen) atoms. The predicted molar refractivity (Wildman–Crippen MR) is 112 cm³/mol. The van der Waals surface area contributed by atoms with Crippen molar-refractivity contribution in [3.63, 3.8) is 0 Å². The Balaban J connectivity index is 1.63. The molecule has 0 saturated heterocycles. The van der Waals surface area contributed by atoms with Gasteiger partial charge in [0.2, 0.25) is 11.8 Å². The summed E-state index contributed by atoms with van der Waals surface area (Å²) in [5, 5.41) is 0.437. The van der Waals surface area contributed by atoms with Gasteiger partial charge in [0.15, 0.2) is 0 Å². The molecule has 162 valence electrons.